The van der Waals surface area contributed by atoms with Crippen molar-refractivity contribution in [1.82, 2.24) is 20.3 Å². The van der Waals surface area contributed by atoms with Gasteiger partial charge in [0.15, 0.2) is 0 Å². The van der Waals surface area contributed by atoms with E-state index >= 15 is 0 Å². The Kier molecular flexibility index (Phi) is 5.84. The van der Waals surface area contributed by atoms with Crippen LogP contribution >= 0.6 is 11.8 Å². The number of nitro benzene ring substituents is 1. The molecule has 0 atom stereocenters. The predicted octanol–water partition coefficient (Wildman–Crippen LogP) is 4.59. The molecule has 0 N–H and O–H groups in total. The Labute approximate surface area is 176 Å². The predicted molar refractivity (Wildman–Crippen MR) is 102 cm³/mol. The van der Waals surface area contributed by atoms with E-state index < -0.39 is 11.5 Å². The number of nitrogens with zero attached hydrogens (tertiary/aromatic N) is 5. The summed E-state index contributed by atoms with van der Waals surface area (Å²) in [6, 6.07) is 11.7. The average molecular weight is 447 g/mol. The third-order valence-corrected chi connectivity index (χ3v) is 4.64. The molecule has 0 aliphatic carbocycles. The highest BCUT2D eigenvalue weighted by molar-refractivity contribution is 7.98. The van der Waals surface area contributed by atoms with Gasteiger partial charge in [0.05, 0.1) is 10.7 Å². The van der Waals surface area contributed by atoms with E-state index in [2.05, 4.69) is 25.1 Å². The van der Waals surface area contributed by atoms with E-state index in [-0.39, 0.29) is 40.0 Å². The molecule has 0 bridgehead atoms. The van der Waals surface area contributed by atoms with Crippen molar-refractivity contribution in [2.24, 2.45) is 0 Å². The van der Waals surface area contributed by atoms with E-state index in [0.29, 0.717) is 11.1 Å². The fraction of sp³-hybridized carbons (Fsp3) is 0.111. The van der Waals surface area contributed by atoms with Gasteiger partial charge in [0, 0.05) is 23.3 Å². The summed E-state index contributed by atoms with van der Waals surface area (Å²) in [7, 11) is 0. The molecular formula is C18H11F2N5O5S. The molecule has 2 aromatic heterocycles. The molecule has 0 spiro atoms. The highest BCUT2D eigenvalue weighted by Gasteiger charge is 2.15. The summed E-state index contributed by atoms with van der Waals surface area (Å²) in [6.45, 7) is -2.90. The third-order valence-electron chi connectivity index (χ3n) is 3.84. The first-order chi connectivity index (χ1) is 15.0. The minimum Gasteiger partial charge on any atom is -0.435 e. The standard InChI is InChI=1S/C18H11F2N5O5S/c19-17(20)28-13-6-4-10(5-7-13)16-22-23-18(29-16)31-9-14-21-15(24-30-14)11-2-1-3-12(8-11)25(26)27/h1-8,17H,9H2. The van der Waals surface area contributed by atoms with Gasteiger partial charge < -0.3 is 13.7 Å². The quantitative estimate of drug-likeness (QED) is 0.215. The maximum absolute atomic E-state index is 12.2. The van der Waals surface area contributed by atoms with Crippen LogP contribution in [0.25, 0.3) is 22.8 Å². The van der Waals surface area contributed by atoms with Gasteiger partial charge in [0.2, 0.25) is 17.6 Å². The fourth-order valence-electron chi connectivity index (χ4n) is 2.48. The lowest BCUT2D eigenvalue weighted by molar-refractivity contribution is -0.384. The van der Waals surface area contributed by atoms with Crippen LogP contribution in [-0.4, -0.2) is 31.9 Å². The number of ether oxygens (including phenoxy) is 1. The first-order valence-electron chi connectivity index (χ1n) is 8.57. The molecule has 0 saturated heterocycles. The molecule has 2 heterocycles. The highest BCUT2D eigenvalue weighted by Crippen LogP contribution is 2.28. The van der Waals surface area contributed by atoms with Crippen LogP contribution in [0.3, 0.4) is 0 Å². The molecular weight excluding hydrogens is 436 g/mol. The number of halogens is 2. The smallest absolute Gasteiger partial charge is 0.387 e. The van der Waals surface area contributed by atoms with Crippen LogP contribution < -0.4 is 4.74 Å². The Hall–Kier alpha value is -3.87. The number of rotatable bonds is 8. The number of alkyl halides is 2. The van der Waals surface area contributed by atoms with Crippen LogP contribution in [0.1, 0.15) is 5.89 Å². The van der Waals surface area contributed by atoms with Gasteiger partial charge in [-0.25, -0.2) is 0 Å². The van der Waals surface area contributed by atoms with E-state index in [0.717, 1.165) is 11.8 Å². The summed E-state index contributed by atoms with van der Waals surface area (Å²) in [5.41, 5.74) is 0.908. The summed E-state index contributed by atoms with van der Waals surface area (Å²) < 4.78 is 39.4. The first kappa shape index (κ1) is 20.4. The summed E-state index contributed by atoms with van der Waals surface area (Å²) in [4.78, 5) is 14.6. The lowest BCUT2D eigenvalue weighted by Gasteiger charge is -2.03. The second-order valence-corrected chi connectivity index (χ2v) is 6.81. The van der Waals surface area contributed by atoms with Crippen molar-refractivity contribution in [3.63, 3.8) is 0 Å². The van der Waals surface area contributed by atoms with Crippen LogP contribution in [0.5, 0.6) is 5.75 Å². The number of thioether (sulfide) groups is 1. The van der Waals surface area contributed by atoms with Crippen molar-refractivity contribution in [2.75, 3.05) is 0 Å². The Morgan fingerprint density at radius 1 is 1.13 bits per heavy atom. The van der Waals surface area contributed by atoms with Gasteiger partial charge in [-0.15, -0.1) is 10.2 Å². The molecule has 0 radical (unpaired) electrons. The van der Waals surface area contributed by atoms with E-state index in [1.807, 2.05) is 0 Å². The largest absolute Gasteiger partial charge is 0.435 e. The van der Waals surface area contributed by atoms with Crippen molar-refractivity contribution < 1.29 is 27.4 Å². The Bertz CT molecular complexity index is 1200. The van der Waals surface area contributed by atoms with Crippen LogP contribution in [0, 0.1) is 10.1 Å². The summed E-state index contributed by atoms with van der Waals surface area (Å²) in [5, 5.41) is 22.8. The third kappa shape index (κ3) is 5.01. The van der Waals surface area contributed by atoms with Crippen LogP contribution in [0.15, 0.2) is 62.7 Å². The van der Waals surface area contributed by atoms with Crippen molar-refractivity contribution in [2.45, 2.75) is 17.6 Å². The Morgan fingerprint density at radius 2 is 1.94 bits per heavy atom. The molecule has 0 fully saturated rings. The zero-order valence-electron chi connectivity index (χ0n) is 15.3. The van der Waals surface area contributed by atoms with E-state index in [4.69, 9.17) is 8.94 Å². The minimum atomic E-state index is -2.90. The summed E-state index contributed by atoms with van der Waals surface area (Å²) in [6.07, 6.45) is 0. The normalized spacial score (nSPS) is 11.1. The molecule has 4 aromatic rings. The Balaban J connectivity index is 1.39. The second-order valence-electron chi connectivity index (χ2n) is 5.88. The van der Waals surface area contributed by atoms with Crippen molar-refractivity contribution in [3.8, 4) is 28.6 Å². The van der Waals surface area contributed by atoms with Crippen molar-refractivity contribution in [3.05, 3.63) is 64.5 Å². The minimum absolute atomic E-state index is 0.0174. The highest BCUT2D eigenvalue weighted by atomic mass is 32.2. The molecule has 13 heteroatoms. The molecule has 0 saturated carbocycles. The molecule has 0 aliphatic heterocycles. The summed E-state index contributed by atoms with van der Waals surface area (Å²) in [5.74, 6) is 0.930. The second kappa shape index (κ2) is 8.87. The molecule has 31 heavy (non-hydrogen) atoms. The van der Waals surface area contributed by atoms with Crippen LogP contribution in [-0.2, 0) is 5.75 Å². The van der Waals surface area contributed by atoms with Crippen molar-refractivity contribution in [1.29, 1.82) is 0 Å². The Morgan fingerprint density at radius 3 is 2.68 bits per heavy atom. The summed E-state index contributed by atoms with van der Waals surface area (Å²) >= 11 is 1.15. The number of benzene rings is 2. The number of non-ortho nitro benzene ring substituents is 1. The SMILES string of the molecule is O=[N+]([O-])c1cccc(-c2noc(CSc3nnc(-c4ccc(OC(F)F)cc4)o3)n2)c1. The maximum Gasteiger partial charge on any atom is 0.387 e. The number of aromatic nitrogens is 4. The lowest BCUT2D eigenvalue weighted by atomic mass is 10.2. The maximum atomic E-state index is 12.2. The topological polar surface area (TPSA) is 130 Å². The zero-order chi connectivity index (χ0) is 21.8. The van der Waals surface area contributed by atoms with E-state index in [1.54, 1.807) is 6.07 Å². The molecule has 0 aliphatic rings. The number of nitro groups is 1. The molecule has 4 rings (SSSR count). The molecule has 10 nitrogen and oxygen atoms in total. The van der Waals surface area contributed by atoms with Crippen LogP contribution in [0.4, 0.5) is 14.5 Å². The fourth-order valence-corrected chi connectivity index (χ4v) is 3.08. The van der Waals surface area contributed by atoms with Gasteiger partial charge in [-0.1, -0.05) is 29.1 Å². The van der Waals surface area contributed by atoms with E-state index in [1.165, 1.54) is 42.5 Å². The molecule has 2 aromatic carbocycles. The van der Waals surface area contributed by atoms with Gasteiger partial charge in [0.1, 0.15) is 5.75 Å². The van der Waals surface area contributed by atoms with Crippen LogP contribution in [0.2, 0.25) is 0 Å². The number of hydrogen-bond donors (Lipinski definition) is 0. The van der Waals surface area contributed by atoms with Gasteiger partial charge >= 0.3 is 6.61 Å². The van der Waals surface area contributed by atoms with Crippen molar-refractivity contribution >= 4 is 17.4 Å². The van der Waals surface area contributed by atoms with Gasteiger partial charge in [-0.3, -0.25) is 10.1 Å². The molecule has 158 valence electrons. The monoisotopic (exact) mass is 447 g/mol. The van der Waals surface area contributed by atoms with Gasteiger partial charge in [-0.2, -0.15) is 13.8 Å². The van der Waals surface area contributed by atoms with E-state index in [9.17, 15) is 18.9 Å². The zero-order valence-corrected chi connectivity index (χ0v) is 16.2. The van der Waals surface area contributed by atoms with Gasteiger partial charge in [0.25, 0.3) is 10.9 Å². The molecule has 0 unspecified atom stereocenters. The first-order valence-corrected chi connectivity index (χ1v) is 9.55. The number of hydrogen-bond acceptors (Lipinski definition) is 10. The average Bonchev–Trinajstić information content (AvgIpc) is 3.42. The lowest BCUT2D eigenvalue weighted by Crippen LogP contribution is -2.01. The molecule has 0 amide bonds. The van der Waals surface area contributed by atoms with Gasteiger partial charge in [-0.05, 0) is 24.3 Å².